The molecule has 0 radical (unpaired) electrons. The van der Waals surface area contributed by atoms with Gasteiger partial charge in [-0.25, -0.2) is 8.78 Å². The molecule has 11 heavy (non-hydrogen) atoms. The van der Waals surface area contributed by atoms with Gasteiger partial charge in [0.05, 0.1) is 6.54 Å². The van der Waals surface area contributed by atoms with Crippen LogP contribution in [0.15, 0.2) is 0 Å². The van der Waals surface area contributed by atoms with Crippen LogP contribution in [0, 0.1) is 5.41 Å². The number of hydrogen-bond acceptors (Lipinski definition) is 2. The van der Waals surface area contributed by atoms with E-state index in [0.29, 0.717) is 13.1 Å². The first kappa shape index (κ1) is 10.8. The van der Waals surface area contributed by atoms with Crippen molar-refractivity contribution in [2.24, 2.45) is 11.1 Å². The highest BCUT2D eigenvalue weighted by Crippen LogP contribution is 2.09. The molecule has 0 saturated heterocycles. The van der Waals surface area contributed by atoms with Crippen molar-refractivity contribution >= 4 is 0 Å². The van der Waals surface area contributed by atoms with Crippen LogP contribution in [0.1, 0.15) is 13.8 Å². The summed E-state index contributed by atoms with van der Waals surface area (Å²) in [5.74, 6) is 0. The van der Waals surface area contributed by atoms with Crippen LogP contribution in [0.5, 0.6) is 0 Å². The minimum absolute atomic E-state index is 0.0884. The van der Waals surface area contributed by atoms with Crippen LogP contribution >= 0.6 is 0 Å². The molecule has 0 aromatic carbocycles. The Balaban J connectivity index is 3.38. The molecule has 0 unspecified atom stereocenters. The van der Waals surface area contributed by atoms with Crippen molar-refractivity contribution in [2.75, 3.05) is 19.6 Å². The van der Waals surface area contributed by atoms with Gasteiger partial charge in [-0.1, -0.05) is 13.8 Å². The second kappa shape index (κ2) is 4.62. The summed E-state index contributed by atoms with van der Waals surface area (Å²) < 4.78 is 23.2. The zero-order valence-electron chi connectivity index (χ0n) is 7.03. The summed E-state index contributed by atoms with van der Waals surface area (Å²) in [5.41, 5.74) is 5.31. The monoisotopic (exact) mass is 166 g/mol. The van der Waals surface area contributed by atoms with Crippen LogP contribution in [0.3, 0.4) is 0 Å². The van der Waals surface area contributed by atoms with Crippen molar-refractivity contribution in [3.63, 3.8) is 0 Å². The predicted molar refractivity (Wildman–Crippen MR) is 41.7 cm³/mol. The highest BCUT2D eigenvalue weighted by atomic mass is 19.3. The summed E-state index contributed by atoms with van der Waals surface area (Å²) in [6.07, 6.45) is -2.27. The lowest BCUT2D eigenvalue weighted by Crippen LogP contribution is -2.37. The molecule has 0 aliphatic rings. The van der Waals surface area contributed by atoms with E-state index in [9.17, 15) is 8.78 Å². The summed E-state index contributed by atoms with van der Waals surface area (Å²) in [7, 11) is 0. The van der Waals surface area contributed by atoms with Gasteiger partial charge in [0.2, 0.25) is 0 Å². The molecule has 0 bridgehead atoms. The van der Waals surface area contributed by atoms with Crippen molar-refractivity contribution in [3.05, 3.63) is 0 Å². The SMILES string of the molecule is CC(C)(CN)CNCC(F)F. The molecule has 4 heteroatoms. The van der Waals surface area contributed by atoms with Crippen LogP contribution in [0.2, 0.25) is 0 Å². The average Bonchev–Trinajstić information content (AvgIpc) is 1.87. The third-order valence-electron chi connectivity index (χ3n) is 1.45. The van der Waals surface area contributed by atoms with E-state index in [0.717, 1.165) is 0 Å². The Bertz CT molecular complexity index is 105. The van der Waals surface area contributed by atoms with E-state index in [1.165, 1.54) is 0 Å². The van der Waals surface area contributed by atoms with Gasteiger partial charge in [-0.2, -0.15) is 0 Å². The van der Waals surface area contributed by atoms with Crippen LogP contribution in [-0.4, -0.2) is 26.1 Å². The molecule has 0 rings (SSSR count). The van der Waals surface area contributed by atoms with Crippen molar-refractivity contribution in [3.8, 4) is 0 Å². The first-order valence-corrected chi connectivity index (χ1v) is 3.67. The minimum atomic E-state index is -2.27. The molecule has 0 spiro atoms. The largest absolute Gasteiger partial charge is 0.330 e. The van der Waals surface area contributed by atoms with Crippen molar-refractivity contribution in [1.29, 1.82) is 0 Å². The van der Waals surface area contributed by atoms with Gasteiger partial charge in [-0.15, -0.1) is 0 Å². The Kier molecular flexibility index (Phi) is 4.52. The summed E-state index contributed by atoms with van der Waals surface area (Å²) in [6.45, 7) is 4.66. The number of alkyl halides is 2. The van der Waals surface area contributed by atoms with E-state index in [1.807, 2.05) is 13.8 Å². The highest BCUT2D eigenvalue weighted by Gasteiger charge is 2.15. The van der Waals surface area contributed by atoms with Crippen LogP contribution in [0.4, 0.5) is 8.78 Å². The number of hydrogen-bond donors (Lipinski definition) is 2. The van der Waals surface area contributed by atoms with Crippen molar-refractivity contribution in [2.45, 2.75) is 20.3 Å². The second-order valence-corrected chi connectivity index (χ2v) is 3.39. The Morgan fingerprint density at radius 1 is 1.45 bits per heavy atom. The van der Waals surface area contributed by atoms with Gasteiger partial charge in [-0.3, -0.25) is 0 Å². The normalized spacial score (nSPS) is 12.5. The Morgan fingerprint density at radius 2 is 2.00 bits per heavy atom. The molecule has 0 fully saturated rings. The number of halogens is 2. The third kappa shape index (κ3) is 6.19. The molecule has 0 amide bonds. The molecule has 0 atom stereocenters. The summed E-state index contributed by atoms with van der Waals surface area (Å²) in [5, 5.41) is 2.65. The molecule has 0 aliphatic heterocycles. The zero-order chi connectivity index (χ0) is 8.91. The van der Waals surface area contributed by atoms with E-state index in [1.54, 1.807) is 0 Å². The van der Waals surface area contributed by atoms with Crippen molar-refractivity contribution in [1.82, 2.24) is 5.32 Å². The third-order valence-corrected chi connectivity index (χ3v) is 1.45. The molecule has 0 heterocycles. The van der Waals surface area contributed by atoms with Crippen LogP contribution in [-0.2, 0) is 0 Å². The summed E-state index contributed by atoms with van der Waals surface area (Å²) >= 11 is 0. The Labute approximate surface area is 66.1 Å². The lowest BCUT2D eigenvalue weighted by atomic mass is 9.94. The predicted octanol–water partition coefficient (Wildman–Crippen LogP) is 0.826. The lowest BCUT2D eigenvalue weighted by molar-refractivity contribution is 0.141. The smallest absolute Gasteiger partial charge is 0.250 e. The van der Waals surface area contributed by atoms with Gasteiger partial charge in [0.15, 0.2) is 0 Å². The molecular formula is C7H16F2N2. The average molecular weight is 166 g/mol. The highest BCUT2D eigenvalue weighted by molar-refractivity contribution is 4.71. The molecule has 2 nitrogen and oxygen atoms in total. The maximum atomic E-state index is 11.6. The van der Waals surface area contributed by atoms with Gasteiger partial charge >= 0.3 is 0 Å². The maximum Gasteiger partial charge on any atom is 0.250 e. The molecule has 3 N–H and O–H groups in total. The van der Waals surface area contributed by atoms with Crippen molar-refractivity contribution < 1.29 is 8.78 Å². The topological polar surface area (TPSA) is 38.0 Å². The molecular weight excluding hydrogens is 150 g/mol. The number of rotatable bonds is 5. The van der Waals surface area contributed by atoms with Crippen LogP contribution < -0.4 is 11.1 Å². The first-order chi connectivity index (χ1) is 4.98. The molecule has 0 saturated carbocycles. The molecule has 0 aromatic rings. The summed E-state index contributed by atoms with van der Waals surface area (Å²) in [4.78, 5) is 0. The number of nitrogens with two attached hydrogens (primary N) is 1. The number of nitrogens with one attached hydrogen (secondary N) is 1. The Hall–Kier alpha value is -0.220. The molecule has 0 aliphatic carbocycles. The quantitative estimate of drug-likeness (QED) is 0.634. The molecule has 68 valence electrons. The summed E-state index contributed by atoms with van der Waals surface area (Å²) in [6, 6.07) is 0. The lowest BCUT2D eigenvalue weighted by Gasteiger charge is -2.22. The fourth-order valence-corrected chi connectivity index (χ4v) is 0.592. The standard InChI is InChI=1S/C7H16F2N2/c1-7(2,4-10)5-11-3-6(8)9/h6,11H,3-5,10H2,1-2H3. The van der Waals surface area contributed by atoms with Gasteiger partial charge in [0.1, 0.15) is 0 Å². The zero-order valence-corrected chi connectivity index (χ0v) is 7.03. The fraction of sp³-hybridized carbons (Fsp3) is 1.00. The molecule has 0 aromatic heterocycles. The van der Waals surface area contributed by atoms with Crippen LogP contribution in [0.25, 0.3) is 0 Å². The minimum Gasteiger partial charge on any atom is -0.330 e. The van der Waals surface area contributed by atoms with E-state index in [2.05, 4.69) is 5.32 Å². The fourth-order valence-electron chi connectivity index (χ4n) is 0.592. The van der Waals surface area contributed by atoms with Gasteiger partial charge in [0.25, 0.3) is 6.43 Å². The first-order valence-electron chi connectivity index (χ1n) is 3.67. The van der Waals surface area contributed by atoms with Gasteiger partial charge in [0, 0.05) is 6.54 Å². The van der Waals surface area contributed by atoms with E-state index < -0.39 is 6.43 Å². The second-order valence-electron chi connectivity index (χ2n) is 3.39. The van der Waals surface area contributed by atoms with Gasteiger partial charge in [-0.05, 0) is 12.0 Å². The van der Waals surface area contributed by atoms with E-state index in [-0.39, 0.29) is 12.0 Å². The van der Waals surface area contributed by atoms with E-state index in [4.69, 9.17) is 5.73 Å². The van der Waals surface area contributed by atoms with Gasteiger partial charge < -0.3 is 11.1 Å². The van der Waals surface area contributed by atoms with E-state index >= 15 is 0 Å². The Morgan fingerprint density at radius 3 is 2.36 bits per heavy atom. The maximum absolute atomic E-state index is 11.6.